The highest BCUT2D eigenvalue weighted by atomic mass is 16.5. The number of nitrogens with one attached hydrogen (secondary N) is 2. The van der Waals surface area contributed by atoms with Crippen LogP contribution in [0.1, 0.15) is 40.0 Å². The lowest BCUT2D eigenvalue weighted by Crippen LogP contribution is -2.31. The molecule has 0 atom stereocenters. The van der Waals surface area contributed by atoms with Crippen LogP contribution < -0.4 is 0 Å². The second kappa shape index (κ2) is 9.83. The molecular formula is C14H27N3O. The summed E-state index contributed by atoms with van der Waals surface area (Å²) in [4.78, 5) is 2.16. The molecule has 1 rings (SSSR count). The molecule has 0 spiro atoms. The lowest BCUT2D eigenvalue weighted by atomic mass is 10.1. The first-order chi connectivity index (χ1) is 8.65. The van der Waals surface area contributed by atoms with Crippen LogP contribution in [0.4, 0.5) is 0 Å². The molecule has 0 saturated carbocycles. The van der Waals surface area contributed by atoms with Crippen LogP contribution >= 0.6 is 0 Å². The van der Waals surface area contributed by atoms with Gasteiger partial charge in [-0.05, 0) is 25.5 Å². The van der Waals surface area contributed by atoms with Gasteiger partial charge >= 0.3 is 0 Å². The van der Waals surface area contributed by atoms with Crippen molar-refractivity contribution < 1.29 is 4.74 Å². The Morgan fingerprint density at radius 2 is 2.06 bits per heavy atom. The Morgan fingerprint density at radius 3 is 2.61 bits per heavy atom. The summed E-state index contributed by atoms with van der Waals surface area (Å²) in [6.07, 6.45) is 4.98. The summed E-state index contributed by atoms with van der Waals surface area (Å²) in [6.45, 7) is 8.40. The summed E-state index contributed by atoms with van der Waals surface area (Å²) >= 11 is 0. The van der Waals surface area contributed by atoms with E-state index in [0.29, 0.717) is 6.61 Å². The second-order valence-corrected chi connectivity index (χ2v) is 4.16. The topological polar surface area (TPSA) is 60.2 Å². The van der Waals surface area contributed by atoms with Crippen molar-refractivity contribution in [3.63, 3.8) is 0 Å². The van der Waals surface area contributed by atoms with Gasteiger partial charge in [-0.2, -0.15) is 0 Å². The van der Waals surface area contributed by atoms with Crippen LogP contribution in [0.3, 0.4) is 0 Å². The van der Waals surface area contributed by atoms with Gasteiger partial charge < -0.3 is 9.64 Å². The van der Waals surface area contributed by atoms with Crippen LogP contribution in [0.25, 0.3) is 0 Å². The van der Waals surface area contributed by atoms with Crippen LogP contribution in [0.2, 0.25) is 0 Å². The lowest BCUT2D eigenvalue weighted by Gasteiger charge is -2.23. The third-order valence-electron chi connectivity index (χ3n) is 2.63. The molecule has 0 saturated heterocycles. The molecule has 4 nitrogen and oxygen atoms in total. The average Bonchev–Trinajstić information content (AvgIpc) is 2.40. The molecule has 1 aliphatic rings. The predicted octanol–water partition coefficient (Wildman–Crippen LogP) is 3.09. The molecule has 0 aromatic carbocycles. The lowest BCUT2D eigenvalue weighted by molar-refractivity contribution is 0.299. The van der Waals surface area contributed by atoms with E-state index in [9.17, 15) is 0 Å². The zero-order valence-corrected chi connectivity index (χ0v) is 12.2. The molecule has 0 amide bonds. The molecule has 0 bridgehead atoms. The maximum Gasteiger partial charge on any atom is 0.232 e. The van der Waals surface area contributed by atoms with Crippen molar-refractivity contribution in [1.82, 2.24) is 4.90 Å². The van der Waals surface area contributed by atoms with Crippen molar-refractivity contribution in [3.05, 3.63) is 11.6 Å². The number of hydrogen-bond acceptors (Lipinski definition) is 4. The normalized spacial score (nSPS) is 15.2. The SMILES string of the molecule is CC.CCCCOC(=N)C(=N)C1=CCCN(C)C1. The highest BCUT2D eigenvalue weighted by molar-refractivity contribution is 6.43. The van der Waals surface area contributed by atoms with Crippen molar-refractivity contribution >= 4 is 11.6 Å². The molecule has 1 heterocycles. The Kier molecular flexibility index (Phi) is 9.19. The fourth-order valence-electron chi connectivity index (χ4n) is 1.61. The van der Waals surface area contributed by atoms with Crippen LogP contribution in [0.5, 0.6) is 0 Å². The maximum absolute atomic E-state index is 7.87. The fourth-order valence-corrected chi connectivity index (χ4v) is 1.61. The first kappa shape index (κ1) is 16.8. The highest BCUT2D eigenvalue weighted by Gasteiger charge is 2.16. The van der Waals surface area contributed by atoms with Crippen molar-refractivity contribution in [2.45, 2.75) is 40.0 Å². The first-order valence-electron chi connectivity index (χ1n) is 6.83. The first-order valence-corrected chi connectivity index (χ1v) is 6.83. The van der Waals surface area contributed by atoms with Gasteiger partial charge in [-0.3, -0.25) is 10.8 Å². The number of hydrogen-bond donors (Lipinski definition) is 2. The molecule has 2 N–H and O–H groups in total. The predicted molar refractivity (Wildman–Crippen MR) is 77.9 cm³/mol. The Morgan fingerprint density at radius 1 is 1.39 bits per heavy atom. The number of nitrogens with zero attached hydrogens (tertiary/aromatic N) is 1. The quantitative estimate of drug-likeness (QED) is 0.449. The van der Waals surface area contributed by atoms with Crippen molar-refractivity contribution in [3.8, 4) is 0 Å². The second-order valence-electron chi connectivity index (χ2n) is 4.16. The third-order valence-corrected chi connectivity index (χ3v) is 2.63. The summed E-state index contributed by atoms with van der Waals surface area (Å²) in [6, 6.07) is 0. The van der Waals surface area contributed by atoms with Gasteiger partial charge in [0.05, 0.1) is 6.61 Å². The van der Waals surface area contributed by atoms with E-state index < -0.39 is 0 Å². The van der Waals surface area contributed by atoms with Crippen LogP contribution in [-0.2, 0) is 4.74 Å². The van der Waals surface area contributed by atoms with Crippen LogP contribution in [-0.4, -0.2) is 43.3 Å². The molecule has 4 heteroatoms. The van der Waals surface area contributed by atoms with Gasteiger partial charge in [0.25, 0.3) is 0 Å². The molecule has 0 aliphatic carbocycles. The van der Waals surface area contributed by atoms with Gasteiger partial charge in [0.15, 0.2) is 0 Å². The van der Waals surface area contributed by atoms with E-state index in [1.54, 1.807) is 0 Å². The fraction of sp³-hybridized carbons (Fsp3) is 0.714. The number of rotatable bonds is 5. The van der Waals surface area contributed by atoms with E-state index in [1.807, 2.05) is 27.0 Å². The average molecular weight is 253 g/mol. The molecule has 0 aromatic heterocycles. The molecule has 1 aliphatic heterocycles. The van der Waals surface area contributed by atoms with Crippen molar-refractivity contribution in [1.29, 1.82) is 10.8 Å². The summed E-state index contributed by atoms with van der Waals surface area (Å²) in [5.74, 6) is 0.00926. The Balaban J connectivity index is 0.00000137. The van der Waals surface area contributed by atoms with Crippen LogP contribution in [0.15, 0.2) is 11.6 Å². The molecule has 0 aromatic rings. The van der Waals surface area contributed by atoms with Gasteiger partial charge in [-0.25, -0.2) is 0 Å². The monoisotopic (exact) mass is 253 g/mol. The minimum absolute atomic E-state index is 0.00926. The number of likely N-dealkylation sites (N-methyl/N-ethyl adjacent to an activating group) is 1. The smallest absolute Gasteiger partial charge is 0.232 e. The van der Waals surface area contributed by atoms with E-state index in [-0.39, 0.29) is 11.6 Å². The van der Waals surface area contributed by atoms with Gasteiger partial charge in [0, 0.05) is 13.1 Å². The maximum atomic E-state index is 7.87. The van der Waals surface area contributed by atoms with Crippen molar-refractivity contribution in [2.75, 3.05) is 26.7 Å². The number of ether oxygens (including phenoxy) is 1. The minimum atomic E-state index is 0.00926. The molecule has 104 valence electrons. The summed E-state index contributed by atoms with van der Waals surface area (Å²) in [5, 5.41) is 15.5. The largest absolute Gasteiger partial charge is 0.477 e. The summed E-state index contributed by atoms with van der Waals surface area (Å²) < 4.78 is 5.23. The van der Waals surface area contributed by atoms with Gasteiger partial charge in [-0.15, -0.1) is 0 Å². The van der Waals surface area contributed by atoms with E-state index in [4.69, 9.17) is 15.6 Å². The van der Waals surface area contributed by atoms with E-state index in [1.165, 1.54) is 0 Å². The number of unbranched alkanes of at least 4 members (excludes halogenated alkanes) is 1. The Hall–Kier alpha value is -1.16. The van der Waals surface area contributed by atoms with Gasteiger partial charge in [0.1, 0.15) is 5.71 Å². The molecular weight excluding hydrogens is 226 g/mol. The van der Waals surface area contributed by atoms with Gasteiger partial charge in [0.2, 0.25) is 5.90 Å². The zero-order valence-electron chi connectivity index (χ0n) is 12.2. The standard InChI is InChI=1S/C12H21N3O.C2H6/c1-3-4-8-16-12(14)11(13)10-6-5-7-15(2)9-10;1-2/h6,13-14H,3-5,7-9H2,1-2H3;1-2H3. The van der Waals surface area contributed by atoms with E-state index in [2.05, 4.69) is 11.8 Å². The summed E-state index contributed by atoms with van der Waals surface area (Å²) in [7, 11) is 2.03. The van der Waals surface area contributed by atoms with Crippen molar-refractivity contribution in [2.24, 2.45) is 0 Å². The molecule has 0 unspecified atom stereocenters. The Labute approximate surface area is 111 Å². The molecule has 0 radical (unpaired) electrons. The Bertz CT molecular complexity index is 297. The zero-order chi connectivity index (χ0) is 14.0. The minimum Gasteiger partial charge on any atom is -0.477 e. The van der Waals surface area contributed by atoms with Crippen LogP contribution in [0, 0.1) is 10.8 Å². The molecule has 18 heavy (non-hydrogen) atoms. The summed E-state index contributed by atoms with van der Waals surface area (Å²) in [5.41, 5.74) is 1.15. The highest BCUT2D eigenvalue weighted by Crippen LogP contribution is 2.10. The van der Waals surface area contributed by atoms with E-state index >= 15 is 0 Å². The van der Waals surface area contributed by atoms with E-state index in [0.717, 1.165) is 37.9 Å². The molecule has 0 fully saturated rings. The third kappa shape index (κ3) is 5.96. The van der Waals surface area contributed by atoms with Gasteiger partial charge in [-0.1, -0.05) is 33.3 Å².